The standard InChI is InChI=1S/C9H16N3O14P3/c10-5-1-2-12(9(15)11-5)8-7(14)6(13)4(24-8)3-23-28(19,20)26-29(21,22)25-27(16,17)18/h1-2,4,6-8,13-14H,3H2,(H,19,20)(H,21,22)(H2,10,11,15)(H2,16,17,18)/t4-,6?,7+,8-/m1/s1/i1D,2+1. The number of hydrogen-bond donors (Lipinski definition) is 7. The van der Waals surface area contributed by atoms with Gasteiger partial charge in [-0.3, -0.25) is 9.09 Å². The van der Waals surface area contributed by atoms with Crippen molar-refractivity contribution in [1.82, 2.24) is 9.55 Å². The summed E-state index contributed by atoms with van der Waals surface area (Å²) in [4.78, 5) is 50.5. The highest BCUT2D eigenvalue weighted by Gasteiger charge is 2.46. The molecule has 2 rings (SSSR count). The highest BCUT2D eigenvalue weighted by molar-refractivity contribution is 7.66. The average Bonchev–Trinajstić information content (AvgIpc) is 2.81. The third kappa shape index (κ3) is 6.73. The van der Waals surface area contributed by atoms with Gasteiger partial charge in [-0.15, -0.1) is 0 Å². The fourth-order valence-electron chi connectivity index (χ4n) is 2.13. The number of nitrogen functional groups attached to an aromatic ring is 1. The molecule has 2 heterocycles. The first-order valence-corrected chi connectivity index (χ1v) is 11.7. The van der Waals surface area contributed by atoms with Gasteiger partial charge in [0.2, 0.25) is 0 Å². The van der Waals surface area contributed by atoms with Crippen LogP contribution in [-0.4, -0.2) is 64.3 Å². The molecule has 0 aromatic carbocycles. The van der Waals surface area contributed by atoms with Gasteiger partial charge in [0.1, 0.15) is 24.1 Å². The summed E-state index contributed by atoms with van der Waals surface area (Å²) in [6, 6.07) is -0.406. The summed E-state index contributed by atoms with van der Waals surface area (Å²) in [5, 5.41) is 20.0. The van der Waals surface area contributed by atoms with Crippen LogP contribution in [0.2, 0.25) is 0 Å². The number of aromatic nitrogens is 2. The summed E-state index contributed by atoms with van der Waals surface area (Å²) in [7, 11) is -16.8. The fraction of sp³-hybridized carbons (Fsp3) is 0.556. The predicted molar refractivity (Wildman–Crippen MR) is 88.6 cm³/mol. The van der Waals surface area contributed by atoms with Crippen molar-refractivity contribution in [2.24, 2.45) is 0 Å². The van der Waals surface area contributed by atoms with Crippen molar-refractivity contribution in [2.45, 2.75) is 24.5 Å². The van der Waals surface area contributed by atoms with E-state index in [0.717, 1.165) is 6.20 Å². The summed E-state index contributed by atoms with van der Waals surface area (Å²) in [5.74, 6) is -0.409. The van der Waals surface area contributed by atoms with Gasteiger partial charge in [0, 0.05) is 6.20 Å². The van der Waals surface area contributed by atoms with E-state index in [2.05, 4.69) is 18.1 Å². The van der Waals surface area contributed by atoms with Crippen LogP contribution in [0.15, 0.2) is 17.0 Å². The van der Waals surface area contributed by atoms with Crippen LogP contribution < -0.4 is 11.4 Å². The molecule has 0 amide bonds. The van der Waals surface area contributed by atoms with E-state index in [9.17, 15) is 33.6 Å². The lowest BCUT2D eigenvalue weighted by Crippen LogP contribution is -2.36. The molecule has 166 valence electrons. The molecular formula is C9H16N3O14P3. The van der Waals surface area contributed by atoms with Crippen LogP contribution >= 0.6 is 23.5 Å². The molecule has 1 saturated heterocycles. The second-order valence-corrected chi connectivity index (χ2v) is 9.81. The molecule has 6 atom stereocenters. The molecule has 0 saturated carbocycles. The van der Waals surface area contributed by atoms with Crippen LogP contribution in [0.4, 0.5) is 5.82 Å². The number of phosphoric acid groups is 3. The molecule has 1 aliphatic heterocycles. The fourth-order valence-corrected chi connectivity index (χ4v) is 5.16. The molecule has 0 spiro atoms. The first-order chi connectivity index (χ1) is 13.5. The van der Waals surface area contributed by atoms with Crippen molar-refractivity contribution >= 4 is 29.3 Å². The number of anilines is 1. The summed E-state index contributed by atoms with van der Waals surface area (Å²) in [6.45, 7) is -1.07. The molecule has 0 radical (unpaired) electrons. The van der Waals surface area contributed by atoms with Crippen LogP contribution in [0.1, 0.15) is 7.60 Å². The Balaban J connectivity index is 2.09. The van der Waals surface area contributed by atoms with Crippen molar-refractivity contribution in [1.29, 1.82) is 0 Å². The van der Waals surface area contributed by atoms with Crippen LogP contribution in [-0.2, 0) is 31.6 Å². The van der Waals surface area contributed by atoms with E-state index >= 15 is 0 Å². The molecule has 20 heteroatoms. The van der Waals surface area contributed by atoms with E-state index in [-0.39, 0.29) is 0 Å². The largest absolute Gasteiger partial charge is 0.490 e. The minimum absolute atomic E-state index is 0.406. The Morgan fingerprint density at radius 3 is 2.38 bits per heavy atom. The number of ether oxygens (including phenoxy) is 1. The van der Waals surface area contributed by atoms with Crippen molar-refractivity contribution < 1.29 is 62.7 Å². The topological polar surface area (TPSA) is 270 Å². The number of aliphatic hydroxyl groups is 2. The number of nitrogens with zero attached hydrogens (tertiary/aromatic N) is 2. The Kier molecular flexibility index (Phi) is 6.72. The van der Waals surface area contributed by atoms with Crippen molar-refractivity contribution in [3.8, 4) is 0 Å². The third-order valence-electron chi connectivity index (χ3n) is 3.22. The molecular weight excluding hydrogens is 468 g/mol. The van der Waals surface area contributed by atoms with Crippen LogP contribution in [0.5, 0.6) is 0 Å². The predicted octanol–water partition coefficient (Wildman–Crippen LogP) is -2.21. The molecule has 0 bridgehead atoms. The SMILES string of the molecule is [2H]c1[13cH]n([C@@H]2O[C@H](COP(=O)(O)OP(=O)(O)OP(=O)(O)O)C(O)[C@@H]2O)c(=O)nc1N. The lowest BCUT2D eigenvalue weighted by Gasteiger charge is -2.19. The molecule has 8 N–H and O–H groups in total. The van der Waals surface area contributed by atoms with E-state index in [1.54, 1.807) is 0 Å². The first kappa shape index (κ1) is 22.7. The molecule has 1 aromatic rings. The summed E-state index contributed by atoms with van der Waals surface area (Å²) < 4.78 is 58.1. The normalized spacial score (nSPS) is 29.8. The van der Waals surface area contributed by atoms with E-state index in [4.69, 9.17) is 26.5 Å². The molecule has 29 heavy (non-hydrogen) atoms. The molecule has 17 nitrogen and oxygen atoms in total. The van der Waals surface area contributed by atoms with Gasteiger partial charge < -0.3 is 40.3 Å². The summed E-state index contributed by atoms with van der Waals surface area (Å²) in [5.41, 5.74) is 4.25. The Morgan fingerprint density at radius 2 is 1.79 bits per heavy atom. The molecule has 1 aromatic heterocycles. The first-order valence-electron chi connectivity index (χ1n) is 7.66. The molecule has 1 fully saturated rings. The Morgan fingerprint density at radius 1 is 1.17 bits per heavy atom. The number of phosphoric ester groups is 1. The lowest BCUT2D eigenvalue weighted by atomic mass is 10.1. The van der Waals surface area contributed by atoms with Gasteiger partial charge in [0.05, 0.1) is 7.98 Å². The number of hydrogen-bond acceptors (Lipinski definition) is 12. The number of rotatable bonds is 8. The van der Waals surface area contributed by atoms with Crippen LogP contribution in [0.3, 0.4) is 0 Å². The molecule has 3 unspecified atom stereocenters. The zero-order valence-electron chi connectivity index (χ0n) is 14.9. The highest BCUT2D eigenvalue weighted by Crippen LogP contribution is 2.66. The average molecular weight is 485 g/mol. The van der Waals surface area contributed by atoms with Gasteiger partial charge in [-0.25, -0.2) is 18.5 Å². The van der Waals surface area contributed by atoms with Crippen LogP contribution in [0, 0.1) is 0 Å². The third-order valence-corrected chi connectivity index (χ3v) is 7.02. The lowest BCUT2D eigenvalue weighted by molar-refractivity contribution is -0.0541. The maximum absolute atomic E-state index is 11.9. The Bertz CT molecular complexity index is 997. The summed E-state index contributed by atoms with van der Waals surface area (Å²) >= 11 is 0. The van der Waals surface area contributed by atoms with E-state index in [0.29, 0.717) is 4.57 Å². The minimum atomic E-state index is -5.74. The Labute approximate surface area is 162 Å². The van der Waals surface area contributed by atoms with Gasteiger partial charge in [-0.2, -0.15) is 13.6 Å². The van der Waals surface area contributed by atoms with Crippen LogP contribution in [0.25, 0.3) is 0 Å². The maximum atomic E-state index is 11.9. The van der Waals surface area contributed by atoms with Crippen molar-refractivity contribution in [3.63, 3.8) is 0 Å². The quantitative estimate of drug-likeness (QED) is 0.192. The van der Waals surface area contributed by atoms with Crippen molar-refractivity contribution in [2.75, 3.05) is 12.3 Å². The van der Waals surface area contributed by atoms with E-state index < -0.39 is 72.2 Å². The van der Waals surface area contributed by atoms with Gasteiger partial charge in [0.15, 0.2) is 6.23 Å². The van der Waals surface area contributed by atoms with Gasteiger partial charge in [-0.1, -0.05) is 0 Å². The molecule has 0 aliphatic carbocycles. The number of aliphatic hydroxyl groups excluding tert-OH is 2. The zero-order chi connectivity index (χ0) is 23.1. The number of nitrogens with two attached hydrogens (primary N) is 1. The second-order valence-electron chi connectivity index (χ2n) is 5.39. The smallest absolute Gasteiger partial charge is 0.387 e. The summed E-state index contributed by atoms with van der Waals surface area (Å²) in [6.07, 6.45) is -5.98. The van der Waals surface area contributed by atoms with E-state index in [1.165, 1.54) is 0 Å². The van der Waals surface area contributed by atoms with Gasteiger partial charge in [0.25, 0.3) is 0 Å². The Hall–Kier alpha value is -1.03. The zero-order valence-corrected chi connectivity index (χ0v) is 16.5. The minimum Gasteiger partial charge on any atom is -0.387 e. The highest BCUT2D eigenvalue weighted by atomic mass is 31.3. The monoisotopic (exact) mass is 485 g/mol. The second kappa shape index (κ2) is 8.61. The molecule has 1 aliphatic rings. The van der Waals surface area contributed by atoms with Gasteiger partial charge >= 0.3 is 29.2 Å². The maximum Gasteiger partial charge on any atom is 0.490 e. The van der Waals surface area contributed by atoms with E-state index in [1.807, 2.05) is 0 Å². The van der Waals surface area contributed by atoms with Crippen molar-refractivity contribution in [3.05, 3.63) is 22.7 Å². The van der Waals surface area contributed by atoms with Gasteiger partial charge in [-0.05, 0) is 6.04 Å².